The van der Waals surface area contributed by atoms with Crippen LogP contribution in [-0.2, 0) is 10.4 Å². The van der Waals surface area contributed by atoms with Crippen molar-refractivity contribution in [3.05, 3.63) is 12.2 Å². The monoisotopic (exact) mass is 320 g/mol. The molecule has 1 aliphatic rings. The Balaban J connectivity index is 0.00000220. The Hall–Kier alpha value is -2.18. The van der Waals surface area contributed by atoms with E-state index in [0.717, 1.165) is 19.4 Å². The Kier molecular flexibility index (Phi) is 5.23. The molecule has 2 heterocycles. The van der Waals surface area contributed by atoms with E-state index in [4.69, 9.17) is 16.0 Å². The number of hydrogen-bond donors (Lipinski definition) is 3. The predicted octanol–water partition coefficient (Wildman–Crippen LogP) is -1.86. The van der Waals surface area contributed by atoms with E-state index in [-0.39, 0.29) is 23.3 Å². The quantitative estimate of drug-likeness (QED) is 0.325. The molecular weight excluding hydrogens is 304 g/mol. The number of anilines is 3. The number of allylic oxidation sites excluding steroid dienone is 1. The molecule has 0 radical (unpaired) electrons. The number of hydrogen-bond acceptors (Lipinski definition) is 9. The summed E-state index contributed by atoms with van der Waals surface area (Å²) in [7, 11) is -4.77. The minimum absolute atomic E-state index is 0. The molecule has 118 valence electrons. The van der Waals surface area contributed by atoms with Crippen molar-refractivity contribution in [3.63, 3.8) is 0 Å². The molecule has 11 nitrogen and oxygen atoms in total. The highest BCUT2D eigenvalue weighted by atomic mass is 32.3. The summed E-state index contributed by atoms with van der Waals surface area (Å²) in [5.74, 6) is -0.404. The average Bonchev–Trinajstić information content (AvgIpc) is 2.61. The van der Waals surface area contributed by atoms with Crippen molar-refractivity contribution in [2.75, 3.05) is 29.5 Å². The molecule has 0 aliphatic carbocycles. The molecule has 0 amide bonds. The van der Waals surface area contributed by atoms with Crippen molar-refractivity contribution >= 4 is 28.2 Å². The number of aromatic nitrogens is 3. The van der Waals surface area contributed by atoms with Crippen LogP contribution in [0.2, 0.25) is 0 Å². The highest BCUT2D eigenvalue weighted by Crippen LogP contribution is 2.12. The standard InChI is InChI=1S/C9H14N6O4S.H2O/c10-7-12-9(14-5-3-1-2-4-6-14)13-8(11)15(7)19-20(16,17)18;/h1,3H,2,4-6H2,(H4,10,11,12,13,16,17,18);1H2. The largest absolute Gasteiger partial charge is 0.870 e. The molecule has 0 spiro atoms. The van der Waals surface area contributed by atoms with Crippen LogP contribution >= 0.6 is 0 Å². The summed E-state index contributed by atoms with van der Waals surface area (Å²) in [5, 5.41) is 0. The fourth-order valence-corrected chi connectivity index (χ4v) is 2.08. The molecule has 0 bridgehead atoms. The summed E-state index contributed by atoms with van der Waals surface area (Å²) in [4.78, 5) is 9.69. The second kappa shape index (κ2) is 6.51. The fraction of sp³-hybridized carbons (Fsp3) is 0.444. The van der Waals surface area contributed by atoms with Gasteiger partial charge >= 0.3 is 28.2 Å². The molecule has 0 atom stereocenters. The van der Waals surface area contributed by atoms with E-state index < -0.39 is 10.4 Å². The highest BCUT2D eigenvalue weighted by molar-refractivity contribution is 7.80. The minimum atomic E-state index is -4.77. The van der Waals surface area contributed by atoms with Crippen LogP contribution in [0.4, 0.5) is 17.8 Å². The normalized spacial score (nSPS) is 15.2. The molecule has 12 heteroatoms. The van der Waals surface area contributed by atoms with Gasteiger partial charge in [-0.3, -0.25) is 4.55 Å². The zero-order chi connectivity index (χ0) is 14.8. The summed E-state index contributed by atoms with van der Waals surface area (Å²) in [5.41, 5.74) is 11.1. The van der Waals surface area contributed by atoms with Gasteiger partial charge in [0.05, 0.1) is 0 Å². The van der Waals surface area contributed by atoms with Gasteiger partial charge in [-0.2, -0.15) is 8.42 Å². The maximum absolute atomic E-state index is 10.7. The number of nitrogen functional groups attached to an aromatic ring is 2. The Morgan fingerprint density at radius 2 is 1.90 bits per heavy atom. The van der Waals surface area contributed by atoms with Gasteiger partial charge in [-0.05, 0) is 17.6 Å². The highest BCUT2D eigenvalue weighted by Gasteiger charge is 2.24. The summed E-state index contributed by atoms with van der Waals surface area (Å²) < 4.78 is 34.5. The lowest BCUT2D eigenvalue weighted by molar-refractivity contribution is -0.836. The van der Waals surface area contributed by atoms with Crippen LogP contribution in [0.5, 0.6) is 0 Å². The van der Waals surface area contributed by atoms with Crippen LogP contribution in [0.1, 0.15) is 12.8 Å². The first-order chi connectivity index (χ1) is 9.37. The molecule has 2 rings (SSSR count). The summed E-state index contributed by atoms with van der Waals surface area (Å²) >= 11 is 0. The Morgan fingerprint density at radius 1 is 1.29 bits per heavy atom. The first-order valence-corrected chi connectivity index (χ1v) is 7.16. The predicted molar refractivity (Wildman–Crippen MR) is 71.7 cm³/mol. The molecule has 1 aromatic heterocycles. The average molecular weight is 320 g/mol. The molecule has 1 aliphatic heterocycles. The van der Waals surface area contributed by atoms with Crippen LogP contribution in [0.15, 0.2) is 12.2 Å². The van der Waals surface area contributed by atoms with Crippen LogP contribution < -0.4 is 25.4 Å². The van der Waals surface area contributed by atoms with E-state index in [1.807, 2.05) is 11.0 Å². The van der Waals surface area contributed by atoms with E-state index in [9.17, 15) is 8.42 Å². The van der Waals surface area contributed by atoms with Gasteiger partial charge in [0.1, 0.15) is 0 Å². The van der Waals surface area contributed by atoms with Crippen LogP contribution in [0.3, 0.4) is 0 Å². The summed E-state index contributed by atoms with van der Waals surface area (Å²) in [6.45, 7) is 1.32. The Labute approximate surface area is 121 Å². The van der Waals surface area contributed by atoms with Gasteiger partial charge in [-0.1, -0.05) is 22.1 Å². The maximum Gasteiger partial charge on any atom is 0.472 e. The van der Waals surface area contributed by atoms with Crippen molar-refractivity contribution in [2.45, 2.75) is 12.8 Å². The third-order valence-corrected chi connectivity index (χ3v) is 2.93. The van der Waals surface area contributed by atoms with E-state index in [2.05, 4.69) is 20.3 Å². The third kappa shape index (κ3) is 4.40. The van der Waals surface area contributed by atoms with Crippen molar-refractivity contribution in [1.29, 1.82) is 0 Å². The lowest BCUT2D eigenvalue weighted by atomic mass is 10.3. The first kappa shape index (κ1) is 16.9. The number of nitrogens with two attached hydrogens (primary N) is 2. The third-order valence-electron chi connectivity index (χ3n) is 2.59. The molecular formula is C9H16N6O5S. The second-order valence-corrected chi connectivity index (χ2v) is 5.10. The lowest BCUT2D eigenvalue weighted by Crippen LogP contribution is -2.51. The molecule has 0 unspecified atom stereocenters. The SMILES string of the molecule is Nc1nc(N2CC=CCCC2)nc(N)[n+]1OS(=O)(=O)O.[OH-]. The molecule has 0 fully saturated rings. The minimum Gasteiger partial charge on any atom is -0.870 e. The molecule has 21 heavy (non-hydrogen) atoms. The molecule has 6 N–H and O–H groups in total. The van der Waals surface area contributed by atoms with E-state index in [0.29, 0.717) is 11.3 Å². The molecule has 0 saturated heterocycles. The number of rotatable bonds is 3. The van der Waals surface area contributed by atoms with E-state index in [1.165, 1.54) is 0 Å². The first-order valence-electron chi connectivity index (χ1n) is 5.79. The van der Waals surface area contributed by atoms with Crippen molar-refractivity contribution in [1.82, 2.24) is 9.97 Å². The number of nitrogens with zero attached hydrogens (tertiary/aromatic N) is 4. The van der Waals surface area contributed by atoms with E-state index in [1.54, 1.807) is 0 Å². The Morgan fingerprint density at radius 3 is 2.48 bits per heavy atom. The zero-order valence-corrected chi connectivity index (χ0v) is 11.8. The lowest BCUT2D eigenvalue weighted by Gasteiger charge is -2.17. The summed E-state index contributed by atoms with van der Waals surface area (Å²) in [6, 6.07) is 0. The topological polar surface area (TPSA) is 179 Å². The van der Waals surface area contributed by atoms with Crippen molar-refractivity contribution in [3.8, 4) is 0 Å². The van der Waals surface area contributed by atoms with Crippen molar-refractivity contribution in [2.24, 2.45) is 0 Å². The van der Waals surface area contributed by atoms with Gasteiger partial charge in [-0.25, -0.2) is 4.28 Å². The smallest absolute Gasteiger partial charge is 0.472 e. The second-order valence-electron chi connectivity index (χ2n) is 4.10. The Bertz CT molecular complexity index is 611. The molecule has 0 aromatic carbocycles. The van der Waals surface area contributed by atoms with Crippen LogP contribution in [0, 0.1) is 0 Å². The van der Waals surface area contributed by atoms with Crippen LogP contribution in [-0.4, -0.2) is 41.5 Å². The van der Waals surface area contributed by atoms with Gasteiger partial charge in [0.25, 0.3) is 0 Å². The van der Waals surface area contributed by atoms with E-state index >= 15 is 0 Å². The van der Waals surface area contributed by atoms with Crippen LogP contribution in [0.25, 0.3) is 0 Å². The van der Waals surface area contributed by atoms with Gasteiger partial charge in [0, 0.05) is 13.1 Å². The maximum atomic E-state index is 10.7. The molecule has 1 aromatic rings. The van der Waals surface area contributed by atoms with Gasteiger partial charge < -0.3 is 21.8 Å². The van der Waals surface area contributed by atoms with Gasteiger partial charge in [0.2, 0.25) is 0 Å². The molecule has 0 saturated carbocycles. The van der Waals surface area contributed by atoms with Gasteiger partial charge in [-0.15, -0.1) is 0 Å². The van der Waals surface area contributed by atoms with Crippen molar-refractivity contribution < 1.29 is 27.5 Å². The summed E-state index contributed by atoms with van der Waals surface area (Å²) in [6.07, 6.45) is 5.91. The fourth-order valence-electron chi connectivity index (χ4n) is 1.74. The van der Waals surface area contributed by atoms with Gasteiger partial charge in [0.15, 0.2) is 0 Å². The zero-order valence-electron chi connectivity index (χ0n) is 11.0.